The fourth-order valence-electron chi connectivity index (χ4n) is 1.83. The molecule has 0 saturated carbocycles. The zero-order chi connectivity index (χ0) is 19.7. The van der Waals surface area contributed by atoms with Gasteiger partial charge in [0, 0.05) is 25.4 Å². The van der Waals surface area contributed by atoms with E-state index in [1.807, 2.05) is 0 Å². The van der Waals surface area contributed by atoms with Crippen molar-refractivity contribution in [2.24, 2.45) is 0 Å². The molecule has 0 radical (unpaired) electrons. The number of carbonyl (C=O) groups excluding carboxylic acids is 2. The fraction of sp³-hybridized carbons (Fsp3) is 0.188. The summed E-state index contributed by atoms with van der Waals surface area (Å²) in [6, 6.07) is 9.51. The summed E-state index contributed by atoms with van der Waals surface area (Å²) in [5.74, 6) is -0.834. The number of hydrazine groups is 1. The van der Waals surface area contributed by atoms with Crippen molar-refractivity contribution in [2.45, 2.75) is 11.3 Å². The molecule has 1 aromatic heterocycles. The second-order valence-electron chi connectivity index (χ2n) is 5.15. The lowest BCUT2D eigenvalue weighted by atomic mass is 10.3. The van der Waals surface area contributed by atoms with Gasteiger partial charge >= 0.3 is 0 Å². The highest BCUT2D eigenvalue weighted by Gasteiger charge is 2.14. The maximum Gasteiger partial charge on any atom is 0.276 e. The molecule has 0 atom stereocenters. The van der Waals surface area contributed by atoms with E-state index < -0.39 is 21.8 Å². The molecule has 3 N–H and O–H groups in total. The second kappa shape index (κ2) is 9.86. The Hall–Kier alpha value is -2.69. The summed E-state index contributed by atoms with van der Waals surface area (Å²) in [5, 5.41) is 0.357. The highest BCUT2D eigenvalue weighted by Crippen LogP contribution is 2.22. The summed E-state index contributed by atoms with van der Waals surface area (Å²) >= 11 is 5.89. The van der Waals surface area contributed by atoms with Crippen LogP contribution in [-0.2, 0) is 19.6 Å². The zero-order valence-electron chi connectivity index (χ0n) is 14.0. The number of benzene rings is 1. The first-order valence-electron chi connectivity index (χ1n) is 7.73. The molecule has 0 spiro atoms. The first kappa shape index (κ1) is 20.6. The maximum atomic E-state index is 11.9. The molecule has 0 fully saturated rings. The number of nitrogens with zero attached hydrogens (tertiary/aromatic N) is 1. The van der Waals surface area contributed by atoms with E-state index >= 15 is 0 Å². The van der Waals surface area contributed by atoms with Gasteiger partial charge in [-0.1, -0.05) is 23.7 Å². The third-order valence-electron chi connectivity index (χ3n) is 3.13. The molecule has 0 saturated heterocycles. The Morgan fingerprint density at radius 3 is 2.52 bits per heavy atom. The molecule has 144 valence electrons. The average Bonchev–Trinajstić information content (AvgIpc) is 2.66. The number of rotatable bonds is 8. The van der Waals surface area contributed by atoms with Crippen LogP contribution in [0.25, 0.3) is 0 Å². The minimum atomic E-state index is -3.74. The predicted molar refractivity (Wildman–Crippen MR) is 97.3 cm³/mol. The Balaban J connectivity index is 1.67. The monoisotopic (exact) mass is 412 g/mol. The molecule has 9 nitrogen and oxygen atoms in total. The number of amides is 2. The molecular formula is C16H17ClN4O5S. The topological polar surface area (TPSA) is 126 Å². The molecule has 11 heteroatoms. The molecule has 2 rings (SSSR count). The summed E-state index contributed by atoms with van der Waals surface area (Å²) < 4.78 is 31.4. The first-order chi connectivity index (χ1) is 12.9. The van der Waals surface area contributed by atoms with E-state index in [4.69, 9.17) is 16.3 Å². The third-order valence-corrected chi connectivity index (χ3v) is 4.88. The van der Waals surface area contributed by atoms with Crippen molar-refractivity contribution in [1.29, 1.82) is 0 Å². The van der Waals surface area contributed by atoms with Gasteiger partial charge in [-0.25, -0.2) is 13.1 Å². The first-order valence-corrected chi connectivity index (χ1v) is 9.59. The molecule has 0 aliphatic carbocycles. The molecule has 27 heavy (non-hydrogen) atoms. The van der Waals surface area contributed by atoms with E-state index in [0.29, 0.717) is 10.8 Å². The van der Waals surface area contributed by atoms with Gasteiger partial charge in [0.15, 0.2) is 6.61 Å². The average molecular weight is 413 g/mol. The normalized spacial score (nSPS) is 10.9. The lowest BCUT2D eigenvalue weighted by Gasteiger charge is -2.10. The van der Waals surface area contributed by atoms with E-state index in [2.05, 4.69) is 20.6 Å². The van der Waals surface area contributed by atoms with Crippen molar-refractivity contribution >= 4 is 33.4 Å². The summed E-state index contributed by atoms with van der Waals surface area (Å²) in [6.07, 6.45) is 2.47. The van der Waals surface area contributed by atoms with Gasteiger partial charge in [0.25, 0.3) is 5.91 Å². The lowest BCUT2D eigenvalue weighted by Crippen LogP contribution is -2.44. The molecule has 0 aliphatic heterocycles. The minimum absolute atomic E-state index is 0.00423. The standard InChI is InChI=1S/C16H17ClN4O5S/c17-13-5-1-2-6-14(13)26-11-16(23)21-20-15(22)7-9-19-27(24,25)12-4-3-8-18-10-12/h1-6,8,10,19H,7,9,11H2,(H,20,22)(H,21,23). The van der Waals surface area contributed by atoms with Gasteiger partial charge in [0.1, 0.15) is 10.6 Å². The van der Waals surface area contributed by atoms with Crippen LogP contribution in [0.3, 0.4) is 0 Å². The Bertz CT molecular complexity index is 893. The SMILES string of the molecule is O=C(CCNS(=O)(=O)c1cccnc1)NNC(=O)COc1ccccc1Cl. The minimum Gasteiger partial charge on any atom is -0.482 e. The summed E-state index contributed by atoms with van der Waals surface area (Å²) in [6.45, 7) is -0.493. The number of ether oxygens (including phenoxy) is 1. The molecule has 0 aliphatic rings. The quantitative estimate of drug-likeness (QED) is 0.546. The number of hydrogen-bond acceptors (Lipinski definition) is 6. The van der Waals surface area contributed by atoms with Crippen molar-refractivity contribution in [2.75, 3.05) is 13.2 Å². The van der Waals surface area contributed by atoms with Gasteiger partial charge in [-0.05, 0) is 24.3 Å². The number of aromatic nitrogens is 1. The number of sulfonamides is 1. The number of para-hydroxylation sites is 1. The van der Waals surface area contributed by atoms with Gasteiger partial charge in [0.2, 0.25) is 15.9 Å². The predicted octanol–water partition coefficient (Wildman–Crippen LogP) is 0.630. The van der Waals surface area contributed by atoms with Crippen molar-refractivity contribution in [3.8, 4) is 5.75 Å². The smallest absolute Gasteiger partial charge is 0.276 e. The molecule has 0 unspecified atom stereocenters. The number of carbonyl (C=O) groups is 2. The Morgan fingerprint density at radius 2 is 1.81 bits per heavy atom. The van der Waals surface area contributed by atoms with Gasteiger partial charge in [-0.3, -0.25) is 25.4 Å². The van der Waals surface area contributed by atoms with E-state index in [9.17, 15) is 18.0 Å². The number of halogens is 1. The number of pyridine rings is 1. The van der Waals surface area contributed by atoms with E-state index in [-0.39, 0.29) is 24.5 Å². The summed E-state index contributed by atoms with van der Waals surface area (Å²) in [7, 11) is -3.74. The number of nitrogens with one attached hydrogen (secondary N) is 3. The van der Waals surface area contributed by atoms with E-state index in [1.165, 1.54) is 24.5 Å². The van der Waals surface area contributed by atoms with E-state index in [1.54, 1.807) is 24.3 Å². The van der Waals surface area contributed by atoms with Gasteiger partial charge in [-0.15, -0.1) is 0 Å². The van der Waals surface area contributed by atoms with Crippen molar-refractivity contribution in [3.05, 3.63) is 53.8 Å². The number of hydrogen-bond donors (Lipinski definition) is 3. The fourth-order valence-corrected chi connectivity index (χ4v) is 3.02. The molecule has 1 aromatic carbocycles. The molecule has 1 heterocycles. The van der Waals surface area contributed by atoms with Crippen LogP contribution in [0.2, 0.25) is 5.02 Å². The third kappa shape index (κ3) is 6.85. The molecular weight excluding hydrogens is 396 g/mol. The zero-order valence-corrected chi connectivity index (χ0v) is 15.6. The van der Waals surface area contributed by atoms with Crippen LogP contribution in [0.5, 0.6) is 5.75 Å². The largest absolute Gasteiger partial charge is 0.482 e. The molecule has 2 amide bonds. The van der Waals surface area contributed by atoms with Crippen LogP contribution in [0.4, 0.5) is 0 Å². The Kier molecular flexibility index (Phi) is 7.53. The molecule has 2 aromatic rings. The van der Waals surface area contributed by atoms with Gasteiger partial charge < -0.3 is 4.74 Å². The summed E-state index contributed by atoms with van der Waals surface area (Å²) in [4.78, 5) is 27.0. The van der Waals surface area contributed by atoms with Crippen LogP contribution < -0.4 is 20.3 Å². The van der Waals surface area contributed by atoms with Crippen molar-refractivity contribution in [3.63, 3.8) is 0 Å². The van der Waals surface area contributed by atoms with E-state index in [0.717, 1.165) is 0 Å². The van der Waals surface area contributed by atoms with Crippen LogP contribution in [0, 0.1) is 0 Å². The Labute approximate surface area is 161 Å². The second-order valence-corrected chi connectivity index (χ2v) is 7.33. The molecule has 0 bridgehead atoms. The van der Waals surface area contributed by atoms with Crippen LogP contribution in [0.1, 0.15) is 6.42 Å². The Morgan fingerprint density at radius 1 is 1.07 bits per heavy atom. The van der Waals surface area contributed by atoms with Crippen molar-refractivity contribution in [1.82, 2.24) is 20.6 Å². The van der Waals surface area contributed by atoms with Crippen LogP contribution >= 0.6 is 11.6 Å². The highest BCUT2D eigenvalue weighted by atomic mass is 35.5. The van der Waals surface area contributed by atoms with Gasteiger partial charge in [0.05, 0.1) is 5.02 Å². The van der Waals surface area contributed by atoms with Crippen LogP contribution in [-0.4, -0.2) is 38.4 Å². The maximum absolute atomic E-state index is 11.9. The van der Waals surface area contributed by atoms with Gasteiger partial charge in [-0.2, -0.15) is 0 Å². The highest BCUT2D eigenvalue weighted by molar-refractivity contribution is 7.89. The summed E-state index contributed by atoms with van der Waals surface area (Å²) in [5.41, 5.74) is 4.32. The van der Waals surface area contributed by atoms with Crippen LogP contribution in [0.15, 0.2) is 53.7 Å². The lowest BCUT2D eigenvalue weighted by molar-refractivity contribution is -0.129. The van der Waals surface area contributed by atoms with Crippen molar-refractivity contribution < 1.29 is 22.7 Å².